The summed E-state index contributed by atoms with van der Waals surface area (Å²) in [6.07, 6.45) is 2.69. The van der Waals surface area contributed by atoms with Crippen LogP contribution in [0.5, 0.6) is 0 Å². The van der Waals surface area contributed by atoms with Crippen molar-refractivity contribution in [1.82, 2.24) is 4.98 Å². The van der Waals surface area contributed by atoms with E-state index in [2.05, 4.69) is 22.2 Å². The first-order chi connectivity index (χ1) is 9.79. The fourth-order valence-electron chi connectivity index (χ4n) is 0.840. The second-order valence-corrected chi connectivity index (χ2v) is 3.08. The number of hydrogen-bond acceptors (Lipinski definition) is 6. The van der Waals surface area contributed by atoms with Gasteiger partial charge in [-0.15, -0.1) is 20.2 Å². The van der Waals surface area contributed by atoms with Crippen LogP contribution in [0, 0.1) is 20.2 Å². The van der Waals surface area contributed by atoms with E-state index < -0.39 is 10.2 Å². The number of pyridine rings is 1. The van der Waals surface area contributed by atoms with Gasteiger partial charge >= 0.3 is 0 Å². The van der Waals surface area contributed by atoms with Crippen molar-refractivity contribution >= 4 is 11.8 Å². The molecule has 0 amide bonds. The lowest BCUT2D eigenvalue weighted by Gasteiger charge is -2.02. The fraction of sp³-hybridized carbons (Fsp3) is 0.333. The number of guanidine groups is 1. The van der Waals surface area contributed by atoms with Crippen molar-refractivity contribution in [2.24, 2.45) is 10.7 Å². The van der Waals surface area contributed by atoms with E-state index in [1.165, 1.54) is 0 Å². The van der Waals surface area contributed by atoms with Gasteiger partial charge in [0.1, 0.15) is 5.82 Å². The highest BCUT2D eigenvalue weighted by Gasteiger charge is 1.92. The van der Waals surface area contributed by atoms with Crippen LogP contribution >= 0.6 is 0 Å². The van der Waals surface area contributed by atoms with Crippen molar-refractivity contribution in [2.75, 3.05) is 11.9 Å². The molecule has 1 aromatic rings. The van der Waals surface area contributed by atoms with Crippen molar-refractivity contribution < 1.29 is 20.6 Å². The van der Waals surface area contributed by atoms with Gasteiger partial charge in [-0.3, -0.25) is 4.99 Å². The number of hydrogen-bond donors (Lipinski definition) is 4. The molecule has 5 N–H and O–H groups in total. The second kappa shape index (κ2) is 13.3. The molecule has 0 aliphatic carbocycles. The molecule has 12 nitrogen and oxygen atoms in total. The number of anilines is 1. The Morgan fingerprint density at radius 1 is 1.38 bits per heavy atom. The number of nitrogens with one attached hydrogen (secondary N) is 1. The lowest BCUT2D eigenvalue weighted by molar-refractivity contribution is -0.742. The molecule has 1 rings (SSSR count). The third-order valence-electron chi connectivity index (χ3n) is 1.43. The molecule has 0 spiro atoms. The summed E-state index contributed by atoms with van der Waals surface area (Å²) in [5.41, 5.74) is 5.59. The van der Waals surface area contributed by atoms with Gasteiger partial charge in [0.05, 0.1) is 0 Å². The van der Waals surface area contributed by atoms with Gasteiger partial charge in [-0.2, -0.15) is 0 Å². The Labute approximate surface area is 119 Å². The molecule has 1 aromatic heterocycles. The summed E-state index contributed by atoms with van der Waals surface area (Å²) in [4.78, 5) is 24.9. The quantitative estimate of drug-likeness (QED) is 0.267. The van der Waals surface area contributed by atoms with Crippen LogP contribution in [0.4, 0.5) is 5.82 Å². The molecular formula is C9H16N6O6. The average Bonchev–Trinajstić information content (AvgIpc) is 2.36. The maximum atomic E-state index is 8.36. The van der Waals surface area contributed by atoms with Gasteiger partial charge in [0.15, 0.2) is 5.96 Å². The maximum absolute atomic E-state index is 8.36. The van der Waals surface area contributed by atoms with Gasteiger partial charge in [0.25, 0.3) is 10.2 Å². The predicted molar refractivity (Wildman–Crippen MR) is 72.2 cm³/mol. The zero-order valence-corrected chi connectivity index (χ0v) is 11.1. The van der Waals surface area contributed by atoms with Crippen molar-refractivity contribution in [3.63, 3.8) is 0 Å². The number of rotatable bonds is 3. The highest BCUT2D eigenvalue weighted by atomic mass is 16.9. The Kier molecular flexibility index (Phi) is 12.7. The summed E-state index contributed by atoms with van der Waals surface area (Å²) in [6, 6.07) is 5.58. The van der Waals surface area contributed by atoms with E-state index in [-0.39, 0.29) is 0 Å². The van der Waals surface area contributed by atoms with Gasteiger partial charge in [0, 0.05) is 12.7 Å². The molecule has 21 heavy (non-hydrogen) atoms. The third kappa shape index (κ3) is 22.5. The van der Waals surface area contributed by atoms with Gasteiger partial charge in [-0.05, 0) is 18.6 Å². The third-order valence-corrected chi connectivity index (χ3v) is 1.43. The first-order valence-corrected chi connectivity index (χ1v) is 5.44. The summed E-state index contributed by atoms with van der Waals surface area (Å²) in [5.74, 6) is 1.14. The zero-order valence-electron chi connectivity index (χ0n) is 11.1. The van der Waals surface area contributed by atoms with E-state index in [1.54, 1.807) is 6.20 Å². The lowest BCUT2D eigenvalue weighted by Crippen LogP contribution is -2.23. The normalized spacial score (nSPS) is 9.29. The minimum Gasteiger partial charge on any atom is -0.370 e. The first-order valence-electron chi connectivity index (χ1n) is 5.44. The van der Waals surface area contributed by atoms with Crippen LogP contribution in [-0.4, -0.2) is 38.1 Å². The average molecular weight is 304 g/mol. The molecule has 0 bridgehead atoms. The smallest absolute Gasteiger partial charge is 0.291 e. The molecule has 0 fully saturated rings. The van der Waals surface area contributed by atoms with E-state index in [9.17, 15) is 0 Å². The number of nitrogens with two attached hydrogens (primary N) is 1. The number of aliphatic imine (C=N–C) groups is 1. The van der Waals surface area contributed by atoms with Crippen LogP contribution < -0.4 is 11.1 Å². The predicted octanol–water partition coefficient (Wildman–Crippen LogP) is 0.523. The van der Waals surface area contributed by atoms with E-state index in [0.717, 1.165) is 18.8 Å². The minimum atomic E-state index is -1.50. The highest BCUT2D eigenvalue weighted by molar-refractivity contribution is 5.91. The van der Waals surface area contributed by atoms with Crippen LogP contribution in [0.15, 0.2) is 29.4 Å². The van der Waals surface area contributed by atoms with Crippen LogP contribution in [0.2, 0.25) is 0 Å². The summed E-state index contributed by atoms with van der Waals surface area (Å²) in [5, 5.41) is 30.2. The fourth-order valence-corrected chi connectivity index (χ4v) is 0.840. The zero-order chi connectivity index (χ0) is 16.7. The highest BCUT2D eigenvalue weighted by Crippen LogP contribution is 1.98. The van der Waals surface area contributed by atoms with E-state index in [4.69, 9.17) is 36.4 Å². The molecule has 1 heterocycles. The van der Waals surface area contributed by atoms with Crippen molar-refractivity contribution in [3.8, 4) is 0 Å². The number of aromatic nitrogens is 1. The Balaban J connectivity index is 0. The van der Waals surface area contributed by atoms with Crippen LogP contribution in [0.1, 0.15) is 13.3 Å². The second-order valence-electron chi connectivity index (χ2n) is 3.08. The van der Waals surface area contributed by atoms with Crippen molar-refractivity contribution in [1.29, 1.82) is 0 Å². The Morgan fingerprint density at radius 2 is 1.90 bits per heavy atom. The van der Waals surface area contributed by atoms with Crippen LogP contribution in [0.3, 0.4) is 0 Å². The summed E-state index contributed by atoms with van der Waals surface area (Å²) in [7, 11) is 0. The summed E-state index contributed by atoms with van der Waals surface area (Å²) in [6.45, 7) is 2.79. The lowest BCUT2D eigenvalue weighted by atomic mass is 10.5. The summed E-state index contributed by atoms with van der Waals surface area (Å²) < 4.78 is 0. The van der Waals surface area contributed by atoms with Crippen LogP contribution in [-0.2, 0) is 0 Å². The van der Waals surface area contributed by atoms with Crippen molar-refractivity contribution in [2.45, 2.75) is 13.3 Å². The van der Waals surface area contributed by atoms with Crippen LogP contribution in [0.25, 0.3) is 0 Å². The Morgan fingerprint density at radius 3 is 2.29 bits per heavy atom. The maximum Gasteiger partial charge on any atom is 0.291 e. The molecule has 0 unspecified atom stereocenters. The SMILES string of the molecule is CCCN=C(N)Nc1ccccn1.O=[N+]([O-])O.O=[N+]([O-])O. The largest absolute Gasteiger partial charge is 0.370 e. The molecule has 12 heteroatoms. The molecule has 0 aliphatic rings. The Bertz CT molecular complexity index is 420. The molecule has 0 saturated carbocycles. The number of nitrogens with zero attached hydrogens (tertiary/aromatic N) is 4. The topological polar surface area (TPSA) is 190 Å². The molecule has 0 atom stereocenters. The minimum absolute atomic E-state index is 0.417. The Hall–Kier alpha value is -3.18. The molecule has 118 valence electrons. The molecule has 0 aliphatic heterocycles. The molecule has 0 saturated heterocycles. The molecule has 0 aromatic carbocycles. The van der Waals surface area contributed by atoms with E-state index in [0.29, 0.717) is 5.96 Å². The van der Waals surface area contributed by atoms with E-state index >= 15 is 0 Å². The first kappa shape index (κ1) is 20.1. The monoisotopic (exact) mass is 304 g/mol. The molecule has 0 radical (unpaired) electrons. The summed E-state index contributed by atoms with van der Waals surface area (Å²) >= 11 is 0. The van der Waals surface area contributed by atoms with Gasteiger partial charge in [0.2, 0.25) is 0 Å². The molecular weight excluding hydrogens is 288 g/mol. The van der Waals surface area contributed by atoms with Crippen molar-refractivity contribution in [3.05, 3.63) is 44.6 Å². The van der Waals surface area contributed by atoms with E-state index in [1.807, 2.05) is 18.2 Å². The van der Waals surface area contributed by atoms with Gasteiger partial charge in [-0.1, -0.05) is 13.0 Å². The van der Waals surface area contributed by atoms with Gasteiger partial charge < -0.3 is 21.5 Å². The standard InChI is InChI=1S/C9H14N4.2HNO3/c1-2-6-12-9(10)13-8-5-3-4-7-11-8;2*2-1(3)4/h3-5,7H,2,6H2,1H3,(H3,10,11,12,13);2*(H,2,3,4). The van der Waals surface area contributed by atoms with Gasteiger partial charge in [-0.25, -0.2) is 4.98 Å².